The Hall–Kier alpha value is -3.82. The molecule has 0 fully saturated rings. The van der Waals surface area contributed by atoms with Gasteiger partial charge in [0.1, 0.15) is 0 Å². The number of nitrogens with two attached hydrogens (primary N) is 1. The number of aromatic amines is 1. The van der Waals surface area contributed by atoms with Crippen molar-refractivity contribution >= 4 is 17.3 Å². The van der Waals surface area contributed by atoms with E-state index in [1.165, 1.54) is 25.1 Å². The number of benzene rings is 2. The molecule has 0 spiro atoms. The van der Waals surface area contributed by atoms with Crippen LogP contribution in [0.1, 0.15) is 34.1 Å². The second-order valence-corrected chi connectivity index (χ2v) is 6.56. The normalized spacial score (nSPS) is 12.1. The number of anilines is 1. The van der Waals surface area contributed by atoms with Crippen LogP contribution in [-0.4, -0.2) is 21.4 Å². The molecule has 0 bridgehead atoms. The van der Waals surface area contributed by atoms with E-state index in [9.17, 15) is 22.8 Å². The first-order chi connectivity index (χ1) is 14.1. The van der Waals surface area contributed by atoms with Crippen molar-refractivity contribution in [2.75, 3.05) is 5.73 Å². The molecule has 0 saturated heterocycles. The van der Waals surface area contributed by atoms with Crippen LogP contribution >= 0.6 is 0 Å². The van der Waals surface area contributed by atoms with Gasteiger partial charge in [-0.3, -0.25) is 14.7 Å². The number of amides is 1. The average Bonchev–Trinajstić information content (AvgIpc) is 2.99. The number of carbonyl (C=O) groups excluding carboxylic acids is 1. The quantitative estimate of drug-likeness (QED) is 0.345. The molecule has 0 aliphatic heterocycles. The molecule has 1 aromatic heterocycles. The van der Waals surface area contributed by atoms with Crippen molar-refractivity contribution in [2.45, 2.75) is 20.0 Å². The summed E-state index contributed by atoms with van der Waals surface area (Å²) in [5.74, 6) is -0.502. The van der Waals surface area contributed by atoms with Crippen molar-refractivity contribution in [1.82, 2.24) is 15.2 Å². The van der Waals surface area contributed by atoms with Gasteiger partial charge in [0.05, 0.1) is 22.5 Å². The molecule has 30 heavy (non-hydrogen) atoms. The first-order valence-electron chi connectivity index (χ1n) is 8.77. The van der Waals surface area contributed by atoms with E-state index in [4.69, 9.17) is 5.73 Å². The minimum Gasteiger partial charge on any atom is -0.399 e. The van der Waals surface area contributed by atoms with E-state index in [0.29, 0.717) is 16.9 Å². The van der Waals surface area contributed by atoms with E-state index in [0.717, 1.165) is 16.8 Å². The second kappa shape index (κ2) is 7.90. The Labute approximate surface area is 169 Å². The van der Waals surface area contributed by atoms with Crippen LogP contribution in [0.25, 0.3) is 5.69 Å². The predicted octanol–water partition coefficient (Wildman–Crippen LogP) is 3.23. The number of halogens is 3. The molecule has 0 aliphatic rings. The smallest absolute Gasteiger partial charge is 0.399 e. The fraction of sp³-hybridized carbons (Fsp3) is 0.150. The second-order valence-electron chi connectivity index (χ2n) is 6.56. The summed E-state index contributed by atoms with van der Waals surface area (Å²) in [6.07, 6.45) is -4.47. The molecule has 0 aliphatic carbocycles. The lowest BCUT2D eigenvalue weighted by molar-refractivity contribution is -0.137. The van der Waals surface area contributed by atoms with E-state index < -0.39 is 23.2 Å². The minimum absolute atomic E-state index is 0.197. The van der Waals surface area contributed by atoms with E-state index >= 15 is 0 Å². The summed E-state index contributed by atoms with van der Waals surface area (Å²) in [5.41, 5.74) is 8.52. The summed E-state index contributed by atoms with van der Waals surface area (Å²) in [5, 5.41) is 6.78. The largest absolute Gasteiger partial charge is 0.416 e. The van der Waals surface area contributed by atoms with Crippen LogP contribution in [0.3, 0.4) is 0 Å². The fourth-order valence-electron chi connectivity index (χ4n) is 2.89. The van der Waals surface area contributed by atoms with Crippen LogP contribution in [0, 0.1) is 6.92 Å². The zero-order valence-corrected chi connectivity index (χ0v) is 16.0. The van der Waals surface area contributed by atoms with E-state index in [1.807, 2.05) is 0 Å². The molecule has 0 radical (unpaired) electrons. The monoisotopic (exact) mass is 417 g/mol. The first-order valence-corrected chi connectivity index (χ1v) is 8.77. The zero-order valence-electron chi connectivity index (χ0n) is 16.0. The van der Waals surface area contributed by atoms with Gasteiger partial charge in [0.2, 0.25) is 0 Å². The highest BCUT2D eigenvalue weighted by molar-refractivity contribution is 6.01. The van der Waals surface area contributed by atoms with Crippen LogP contribution in [0.15, 0.2) is 58.4 Å². The number of hydrogen-bond donors (Lipinski definition) is 3. The van der Waals surface area contributed by atoms with Crippen molar-refractivity contribution in [3.63, 3.8) is 0 Å². The van der Waals surface area contributed by atoms with Gasteiger partial charge in [-0.2, -0.15) is 18.3 Å². The average molecular weight is 417 g/mol. The van der Waals surface area contributed by atoms with Crippen LogP contribution in [0.4, 0.5) is 18.9 Å². The molecule has 4 N–H and O–H groups in total. The molecule has 7 nitrogen and oxygen atoms in total. The number of nitrogen functional groups attached to an aromatic ring is 1. The maximum Gasteiger partial charge on any atom is 0.416 e. The Balaban J connectivity index is 1.87. The van der Waals surface area contributed by atoms with Crippen LogP contribution < -0.4 is 16.7 Å². The lowest BCUT2D eigenvalue weighted by Crippen LogP contribution is -2.23. The first kappa shape index (κ1) is 20.9. The molecule has 0 atom stereocenters. The van der Waals surface area contributed by atoms with E-state index in [-0.39, 0.29) is 17.0 Å². The number of alkyl halides is 3. The predicted molar refractivity (Wildman–Crippen MR) is 107 cm³/mol. The molecule has 0 unspecified atom stereocenters. The highest BCUT2D eigenvalue weighted by atomic mass is 19.4. The van der Waals surface area contributed by atoms with Gasteiger partial charge >= 0.3 is 6.18 Å². The summed E-state index contributed by atoms with van der Waals surface area (Å²) in [6.45, 7) is 3.16. The number of H-pyrrole nitrogens is 1. The number of aryl methyl sites for hydroxylation is 1. The number of aromatic nitrogens is 2. The third-order valence-electron chi connectivity index (χ3n) is 4.36. The van der Waals surface area contributed by atoms with Gasteiger partial charge in [0.15, 0.2) is 0 Å². The van der Waals surface area contributed by atoms with Gasteiger partial charge in [-0.1, -0.05) is 6.07 Å². The molecule has 156 valence electrons. The van der Waals surface area contributed by atoms with Crippen molar-refractivity contribution < 1.29 is 18.0 Å². The summed E-state index contributed by atoms with van der Waals surface area (Å²) < 4.78 is 39.3. The Morgan fingerprint density at radius 2 is 1.83 bits per heavy atom. The van der Waals surface area contributed by atoms with Crippen molar-refractivity contribution in [3.8, 4) is 5.69 Å². The topological polar surface area (TPSA) is 105 Å². The molecule has 10 heteroatoms. The van der Waals surface area contributed by atoms with E-state index in [2.05, 4.69) is 15.6 Å². The van der Waals surface area contributed by atoms with Gasteiger partial charge in [-0.15, -0.1) is 0 Å². The number of hydrazone groups is 1. The van der Waals surface area contributed by atoms with Gasteiger partial charge in [0, 0.05) is 16.9 Å². The van der Waals surface area contributed by atoms with Gasteiger partial charge < -0.3 is 5.73 Å². The Kier molecular flexibility index (Phi) is 5.50. The van der Waals surface area contributed by atoms with Gasteiger partial charge in [-0.25, -0.2) is 10.1 Å². The lowest BCUT2D eigenvalue weighted by atomic mass is 10.2. The van der Waals surface area contributed by atoms with Crippen LogP contribution in [0.5, 0.6) is 0 Å². The lowest BCUT2D eigenvalue weighted by Gasteiger charge is -2.07. The van der Waals surface area contributed by atoms with Crippen molar-refractivity contribution in [3.05, 3.63) is 81.3 Å². The molecular weight excluding hydrogens is 399 g/mol. The van der Waals surface area contributed by atoms with Crippen LogP contribution in [-0.2, 0) is 6.18 Å². The Morgan fingerprint density at radius 1 is 1.17 bits per heavy atom. The number of hydrogen-bond acceptors (Lipinski definition) is 4. The van der Waals surface area contributed by atoms with Crippen LogP contribution in [0.2, 0.25) is 0 Å². The molecule has 2 aromatic carbocycles. The van der Waals surface area contributed by atoms with Gasteiger partial charge in [-0.05, 0) is 56.3 Å². The third kappa shape index (κ3) is 4.27. The molecule has 1 heterocycles. The molecule has 0 saturated carbocycles. The maximum absolute atomic E-state index is 12.8. The molecule has 3 rings (SSSR count). The fourth-order valence-corrected chi connectivity index (χ4v) is 2.89. The Morgan fingerprint density at radius 3 is 2.43 bits per heavy atom. The maximum atomic E-state index is 12.8. The third-order valence-corrected chi connectivity index (χ3v) is 4.36. The zero-order chi connectivity index (χ0) is 22.1. The molecule has 3 aromatic rings. The minimum atomic E-state index is -4.47. The summed E-state index contributed by atoms with van der Waals surface area (Å²) in [7, 11) is 0. The highest BCUT2D eigenvalue weighted by Crippen LogP contribution is 2.29. The summed E-state index contributed by atoms with van der Waals surface area (Å²) >= 11 is 0. The number of carbonyl (C=O) groups is 1. The SMILES string of the molecule is C/C(=N\NC(=O)c1cccc(N)c1)c1c(C)[nH]n(-c2ccc(C(F)(F)F)cc2)c1=O. The Bertz CT molecular complexity index is 1170. The standard InChI is InChI=1S/C20H18F3N5O2/c1-11(25-26-18(29)13-4-3-5-15(24)10-13)17-12(2)27-28(19(17)30)16-8-6-14(7-9-16)20(21,22)23/h3-10,27H,24H2,1-2H3,(H,26,29)/b25-11+. The highest BCUT2D eigenvalue weighted by Gasteiger charge is 2.30. The van der Waals surface area contributed by atoms with E-state index in [1.54, 1.807) is 25.1 Å². The van der Waals surface area contributed by atoms with Gasteiger partial charge in [0.25, 0.3) is 11.5 Å². The van der Waals surface area contributed by atoms with Crippen molar-refractivity contribution in [2.24, 2.45) is 5.10 Å². The molecular formula is C20H18F3N5O2. The summed E-state index contributed by atoms with van der Waals surface area (Å²) in [4.78, 5) is 25.0. The number of rotatable bonds is 4. The summed E-state index contributed by atoms with van der Waals surface area (Å²) in [6, 6.07) is 10.5. The number of nitrogens with one attached hydrogen (secondary N) is 2. The number of nitrogens with zero attached hydrogens (tertiary/aromatic N) is 2. The molecule has 1 amide bonds. The van der Waals surface area contributed by atoms with Crippen molar-refractivity contribution in [1.29, 1.82) is 0 Å².